The Balaban J connectivity index is 1.63. The van der Waals surface area contributed by atoms with Crippen molar-refractivity contribution in [3.8, 4) is 0 Å². The number of aryl methyl sites for hydroxylation is 1. The minimum Gasteiger partial charge on any atom is -0.341 e. The molecule has 1 saturated heterocycles. The van der Waals surface area contributed by atoms with Crippen LogP contribution >= 0.6 is 0 Å². The molecular weight excluding hydrogens is 456 g/mol. The second-order valence-corrected chi connectivity index (χ2v) is 10.3. The van der Waals surface area contributed by atoms with E-state index in [1.54, 1.807) is 13.1 Å². The zero-order chi connectivity index (χ0) is 25.6. The molecule has 0 radical (unpaired) electrons. The number of hydrogen-bond donors (Lipinski definition) is 1. The lowest BCUT2D eigenvalue weighted by atomic mass is 10.00. The Labute approximate surface area is 209 Å². The van der Waals surface area contributed by atoms with E-state index in [1.165, 1.54) is 4.57 Å². The number of anilines is 1. The molecule has 1 aliphatic carbocycles. The molecule has 1 aliphatic heterocycles. The number of allylic oxidation sites excluding steroid dienone is 2. The highest BCUT2D eigenvalue weighted by Crippen LogP contribution is 2.41. The first kappa shape index (κ1) is 24.2. The van der Waals surface area contributed by atoms with Gasteiger partial charge in [0.15, 0.2) is 16.9 Å². The zero-order valence-corrected chi connectivity index (χ0v) is 21.2. The van der Waals surface area contributed by atoms with Gasteiger partial charge in [0.2, 0.25) is 5.95 Å². The summed E-state index contributed by atoms with van der Waals surface area (Å²) in [5.41, 5.74) is 8.55. The Morgan fingerprint density at radius 2 is 1.89 bits per heavy atom. The van der Waals surface area contributed by atoms with E-state index in [-0.39, 0.29) is 18.4 Å². The molecule has 2 aromatic heterocycles. The van der Waals surface area contributed by atoms with Crippen LogP contribution in [0.2, 0.25) is 0 Å². The van der Waals surface area contributed by atoms with E-state index in [9.17, 15) is 14.4 Å². The van der Waals surface area contributed by atoms with Gasteiger partial charge in [-0.25, -0.2) is 4.79 Å². The summed E-state index contributed by atoms with van der Waals surface area (Å²) in [5, 5.41) is 0. The first-order chi connectivity index (χ1) is 17.3. The molecule has 0 amide bonds. The molecule has 9 nitrogen and oxygen atoms in total. The van der Waals surface area contributed by atoms with Crippen LogP contribution in [0.25, 0.3) is 11.2 Å². The molecule has 1 unspecified atom stereocenters. The number of fused-ring (bicyclic) bond motifs is 1. The summed E-state index contributed by atoms with van der Waals surface area (Å²) in [6.07, 6.45) is 6.03. The third-order valence-corrected chi connectivity index (χ3v) is 7.22. The highest BCUT2D eigenvalue weighted by atomic mass is 16.2. The van der Waals surface area contributed by atoms with E-state index in [0.717, 1.165) is 47.9 Å². The SMILES string of the molecule is CC(C)=CCn1c(N2CCCC(N)C2)nc2c1c(=O)n(CC(=O)c1ccccc1C1CC1)c(=O)n2C. The molecule has 190 valence electrons. The highest BCUT2D eigenvalue weighted by Gasteiger charge is 2.29. The number of imidazole rings is 1. The molecule has 5 rings (SSSR count). The smallest absolute Gasteiger partial charge is 0.332 e. The van der Waals surface area contributed by atoms with Gasteiger partial charge in [0.05, 0.1) is 6.54 Å². The maximum atomic E-state index is 13.8. The lowest BCUT2D eigenvalue weighted by Crippen LogP contribution is -2.44. The lowest BCUT2D eigenvalue weighted by Gasteiger charge is -2.31. The maximum absolute atomic E-state index is 13.8. The highest BCUT2D eigenvalue weighted by molar-refractivity contribution is 5.97. The fraction of sp³-hybridized carbons (Fsp3) is 0.481. The summed E-state index contributed by atoms with van der Waals surface area (Å²) >= 11 is 0. The standard InChI is InChI=1S/C27H34N6O3/c1-17(2)12-14-32-23-24(29-26(32)31-13-6-7-19(28)15-31)30(3)27(36)33(25(23)35)16-22(34)21-9-5-4-8-20(21)18-10-11-18/h4-5,8-9,12,18-19H,6-7,10-11,13-16,28H2,1-3H3. The predicted octanol–water partition coefficient (Wildman–Crippen LogP) is 2.55. The van der Waals surface area contributed by atoms with Crippen molar-refractivity contribution < 1.29 is 4.79 Å². The molecule has 2 aliphatic rings. The van der Waals surface area contributed by atoms with Crippen LogP contribution in [0.3, 0.4) is 0 Å². The number of rotatable bonds is 7. The molecule has 3 heterocycles. The number of nitrogens with zero attached hydrogens (tertiary/aromatic N) is 5. The minimum absolute atomic E-state index is 0.0279. The van der Waals surface area contributed by atoms with Crippen LogP contribution < -0.4 is 21.9 Å². The quantitative estimate of drug-likeness (QED) is 0.403. The van der Waals surface area contributed by atoms with Gasteiger partial charge in [-0.05, 0) is 51.0 Å². The number of benzene rings is 1. The maximum Gasteiger partial charge on any atom is 0.332 e. The van der Waals surface area contributed by atoms with Crippen LogP contribution in [-0.2, 0) is 20.1 Å². The first-order valence-corrected chi connectivity index (χ1v) is 12.7. The summed E-state index contributed by atoms with van der Waals surface area (Å²) in [6, 6.07) is 7.55. The van der Waals surface area contributed by atoms with Gasteiger partial charge in [-0.2, -0.15) is 4.98 Å². The molecule has 1 aromatic carbocycles. The summed E-state index contributed by atoms with van der Waals surface area (Å²) in [7, 11) is 1.60. The summed E-state index contributed by atoms with van der Waals surface area (Å²) in [5.74, 6) is 0.790. The Kier molecular flexibility index (Phi) is 6.42. The van der Waals surface area contributed by atoms with Crippen molar-refractivity contribution in [2.24, 2.45) is 12.8 Å². The Morgan fingerprint density at radius 1 is 1.14 bits per heavy atom. The van der Waals surface area contributed by atoms with Crippen molar-refractivity contribution in [2.75, 3.05) is 18.0 Å². The van der Waals surface area contributed by atoms with E-state index >= 15 is 0 Å². The molecule has 1 atom stereocenters. The molecular formula is C27H34N6O3. The van der Waals surface area contributed by atoms with Gasteiger partial charge in [-0.1, -0.05) is 35.9 Å². The van der Waals surface area contributed by atoms with Crippen molar-refractivity contribution in [1.82, 2.24) is 18.7 Å². The number of carbonyl (C=O) groups is 1. The fourth-order valence-electron chi connectivity index (χ4n) is 5.11. The summed E-state index contributed by atoms with van der Waals surface area (Å²) in [4.78, 5) is 47.3. The number of carbonyl (C=O) groups excluding carboxylic acids is 1. The van der Waals surface area contributed by atoms with Gasteiger partial charge >= 0.3 is 5.69 Å². The molecule has 9 heteroatoms. The van der Waals surface area contributed by atoms with Gasteiger partial charge in [0, 0.05) is 38.3 Å². The molecule has 36 heavy (non-hydrogen) atoms. The third kappa shape index (κ3) is 4.43. The second-order valence-electron chi connectivity index (χ2n) is 10.3. The molecule has 0 bridgehead atoms. The average Bonchev–Trinajstić information content (AvgIpc) is 3.63. The van der Waals surface area contributed by atoms with Crippen molar-refractivity contribution in [3.63, 3.8) is 0 Å². The number of nitrogens with two attached hydrogens (primary N) is 1. The first-order valence-electron chi connectivity index (χ1n) is 12.7. The Bertz CT molecular complexity index is 1470. The second kappa shape index (κ2) is 9.54. The number of hydrogen-bond acceptors (Lipinski definition) is 6. The van der Waals surface area contributed by atoms with Crippen molar-refractivity contribution >= 4 is 22.9 Å². The van der Waals surface area contributed by atoms with E-state index in [1.807, 2.05) is 42.7 Å². The number of Topliss-reactive ketones (excluding diaryl/α,β-unsaturated/α-hetero) is 1. The molecule has 2 N–H and O–H groups in total. The van der Waals surface area contributed by atoms with Crippen molar-refractivity contribution in [2.45, 2.75) is 64.6 Å². The van der Waals surface area contributed by atoms with Crippen LogP contribution in [0.4, 0.5) is 5.95 Å². The molecule has 1 saturated carbocycles. The van der Waals surface area contributed by atoms with Gasteiger partial charge < -0.3 is 15.2 Å². The van der Waals surface area contributed by atoms with Crippen molar-refractivity contribution in [1.29, 1.82) is 0 Å². The zero-order valence-electron chi connectivity index (χ0n) is 21.2. The lowest BCUT2D eigenvalue weighted by molar-refractivity contribution is 0.0968. The van der Waals surface area contributed by atoms with E-state index in [0.29, 0.717) is 41.7 Å². The van der Waals surface area contributed by atoms with Gasteiger partial charge in [-0.15, -0.1) is 0 Å². The minimum atomic E-state index is -0.543. The van der Waals surface area contributed by atoms with Crippen LogP contribution in [-0.4, -0.2) is 43.6 Å². The molecule has 0 spiro atoms. The van der Waals surface area contributed by atoms with Gasteiger partial charge in [0.1, 0.15) is 0 Å². The van der Waals surface area contributed by atoms with Gasteiger partial charge in [-0.3, -0.25) is 18.7 Å². The normalized spacial score (nSPS) is 18.0. The topological polar surface area (TPSA) is 108 Å². The Hall–Kier alpha value is -3.46. The van der Waals surface area contributed by atoms with Crippen LogP contribution in [0.5, 0.6) is 0 Å². The summed E-state index contributed by atoms with van der Waals surface area (Å²) < 4.78 is 4.30. The molecule has 3 aromatic rings. The van der Waals surface area contributed by atoms with Crippen molar-refractivity contribution in [3.05, 3.63) is 67.9 Å². The Morgan fingerprint density at radius 3 is 2.58 bits per heavy atom. The predicted molar refractivity (Wildman–Crippen MR) is 141 cm³/mol. The van der Waals surface area contributed by atoms with Gasteiger partial charge in [0.25, 0.3) is 5.56 Å². The van der Waals surface area contributed by atoms with Crippen LogP contribution in [0.15, 0.2) is 45.5 Å². The number of aromatic nitrogens is 4. The van der Waals surface area contributed by atoms with E-state index in [2.05, 4.69) is 4.90 Å². The molecule has 2 fully saturated rings. The van der Waals surface area contributed by atoms with E-state index in [4.69, 9.17) is 10.7 Å². The van der Waals surface area contributed by atoms with Crippen LogP contribution in [0.1, 0.15) is 61.4 Å². The largest absolute Gasteiger partial charge is 0.341 e. The number of piperidine rings is 1. The summed E-state index contributed by atoms with van der Waals surface area (Å²) in [6.45, 7) is 5.55. The monoisotopic (exact) mass is 490 g/mol. The van der Waals surface area contributed by atoms with E-state index < -0.39 is 11.2 Å². The fourth-order valence-corrected chi connectivity index (χ4v) is 5.11. The van der Waals surface area contributed by atoms with Crippen LogP contribution in [0, 0.1) is 0 Å². The third-order valence-electron chi connectivity index (χ3n) is 7.22. The average molecular weight is 491 g/mol. The number of ketones is 1.